The van der Waals surface area contributed by atoms with Crippen molar-refractivity contribution in [1.82, 2.24) is 5.32 Å². The highest BCUT2D eigenvalue weighted by Gasteiger charge is 2.11. The van der Waals surface area contributed by atoms with Gasteiger partial charge in [-0.15, -0.1) is 0 Å². The fourth-order valence-electron chi connectivity index (χ4n) is 2.14. The molecule has 0 fully saturated rings. The van der Waals surface area contributed by atoms with Crippen LogP contribution in [0.2, 0.25) is 5.02 Å². The maximum Gasteiger partial charge on any atom is 0.142 e. The van der Waals surface area contributed by atoms with Gasteiger partial charge in [0, 0.05) is 12.1 Å². The molecule has 1 aromatic carbocycles. The zero-order valence-electron chi connectivity index (χ0n) is 11.8. The average molecular weight is 270 g/mol. The quantitative estimate of drug-likeness (QED) is 0.804. The number of halogens is 1. The number of nitrogens with one attached hydrogen (secondary N) is 1. The molecule has 0 aliphatic rings. The smallest absolute Gasteiger partial charge is 0.142 e. The van der Waals surface area contributed by atoms with Gasteiger partial charge >= 0.3 is 0 Å². The normalized spacial score (nSPS) is 12.8. The Kier molecular flexibility index (Phi) is 6.51. The van der Waals surface area contributed by atoms with Crippen molar-refractivity contribution >= 4 is 11.6 Å². The number of hydrogen-bond donors (Lipinski definition) is 1. The first kappa shape index (κ1) is 15.3. The fourth-order valence-corrected chi connectivity index (χ4v) is 2.39. The van der Waals surface area contributed by atoms with E-state index in [9.17, 15) is 0 Å². The molecule has 1 aromatic rings. The predicted octanol–water partition coefficient (Wildman–Crippen LogP) is 4.12. The van der Waals surface area contributed by atoms with E-state index in [1.54, 1.807) is 0 Å². The third-order valence-electron chi connectivity index (χ3n) is 2.80. The molecular formula is C15H24ClNO. The zero-order valence-corrected chi connectivity index (χ0v) is 12.6. The average Bonchev–Trinajstić information content (AvgIpc) is 2.27. The van der Waals surface area contributed by atoms with Crippen LogP contribution >= 0.6 is 11.6 Å². The molecule has 0 bridgehead atoms. The lowest BCUT2D eigenvalue weighted by Crippen LogP contribution is -2.13. The Morgan fingerprint density at radius 3 is 2.61 bits per heavy atom. The fraction of sp³-hybridized carbons (Fsp3) is 0.600. The topological polar surface area (TPSA) is 21.3 Å². The van der Waals surface area contributed by atoms with E-state index in [1.165, 1.54) is 6.42 Å². The van der Waals surface area contributed by atoms with Crippen molar-refractivity contribution < 1.29 is 4.74 Å². The monoisotopic (exact) mass is 269 g/mol. The molecule has 0 saturated carbocycles. The maximum atomic E-state index is 6.20. The molecule has 1 atom stereocenters. The predicted molar refractivity (Wildman–Crippen MR) is 78.3 cm³/mol. The summed E-state index contributed by atoms with van der Waals surface area (Å²) >= 11 is 6.20. The number of benzene rings is 1. The van der Waals surface area contributed by atoms with Crippen molar-refractivity contribution in [2.45, 2.75) is 33.7 Å². The SMILES string of the molecule is CNCc1cccc(Cl)c1OCC(C)CC(C)C. The van der Waals surface area contributed by atoms with Gasteiger partial charge in [0.15, 0.2) is 0 Å². The van der Waals surface area contributed by atoms with Gasteiger partial charge in [0.25, 0.3) is 0 Å². The van der Waals surface area contributed by atoms with Crippen LogP contribution in [0.1, 0.15) is 32.8 Å². The summed E-state index contributed by atoms with van der Waals surface area (Å²) in [6, 6.07) is 5.88. The molecule has 2 nitrogen and oxygen atoms in total. The summed E-state index contributed by atoms with van der Waals surface area (Å²) in [6.07, 6.45) is 1.17. The van der Waals surface area contributed by atoms with Crippen LogP contribution in [0.15, 0.2) is 18.2 Å². The first-order chi connectivity index (χ1) is 8.54. The van der Waals surface area contributed by atoms with Gasteiger partial charge in [-0.25, -0.2) is 0 Å². The minimum atomic E-state index is 0.545. The Morgan fingerprint density at radius 1 is 1.28 bits per heavy atom. The Balaban J connectivity index is 2.65. The van der Waals surface area contributed by atoms with Crippen LogP contribution in [0.5, 0.6) is 5.75 Å². The Morgan fingerprint density at radius 2 is 2.00 bits per heavy atom. The van der Waals surface area contributed by atoms with E-state index in [0.717, 1.165) is 24.5 Å². The lowest BCUT2D eigenvalue weighted by Gasteiger charge is -2.18. The third kappa shape index (κ3) is 4.87. The van der Waals surface area contributed by atoms with Gasteiger partial charge in [-0.05, 0) is 31.4 Å². The Labute approximate surface area is 116 Å². The molecule has 3 heteroatoms. The highest BCUT2D eigenvalue weighted by Crippen LogP contribution is 2.29. The van der Waals surface area contributed by atoms with Gasteiger partial charge in [0.2, 0.25) is 0 Å². The molecule has 18 heavy (non-hydrogen) atoms. The Bertz CT molecular complexity index is 366. The molecule has 0 aliphatic carbocycles. The van der Waals surface area contributed by atoms with Crippen molar-refractivity contribution in [3.05, 3.63) is 28.8 Å². The first-order valence-electron chi connectivity index (χ1n) is 6.59. The van der Waals surface area contributed by atoms with E-state index in [0.29, 0.717) is 16.9 Å². The minimum absolute atomic E-state index is 0.545. The standard InChI is InChI=1S/C15H24ClNO/c1-11(2)8-12(3)10-18-15-13(9-17-4)6-5-7-14(15)16/h5-7,11-12,17H,8-10H2,1-4H3. The molecule has 0 radical (unpaired) electrons. The van der Waals surface area contributed by atoms with E-state index in [-0.39, 0.29) is 0 Å². The van der Waals surface area contributed by atoms with Crippen molar-refractivity contribution in [2.75, 3.05) is 13.7 Å². The second-order valence-electron chi connectivity index (χ2n) is 5.30. The lowest BCUT2D eigenvalue weighted by atomic mass is 10.00. The van der Waals surface area contributed by atoms with Crippen LogP contribution in [-0.2, 0) is 6.54 Å². The summed E-state index contributed by atoms with van der Waals surface area (Å²) in [6.45, 7) is 8.18. The van der Waals surface area contributed by atoms with E-state index in [2.05, 4.69) is 26.1 Å². The van der Waals surface area contributed by atoms with Gasteiger partial charge in [-0.1, -0.05) is 44.5 Å². The summed E-state index contributed by atoms with van der Waals surface area (Å²) in [5, 5.41) is 3.83. The molecule has 0 saturated heterocycles. The molecule has 0 amide bonds. The second kappa shape index (κ2) is 7.65. The number of rotatable bonds is 7. The van der Waals surface area contributed by atoms with E-state index in [1.807, 2.05) is 25.2 Å². The van der Waals surface area contributed by atoms with Crippen LogP contribution in [-0.4, -0.2) is 13.7 Å². The van der Waals surface area contributed by atoms with Gasteiger partial charge in [-0.2, -0.15) is 0 Å². The first-order valence-corrected chi connectivity index (χ1v) is 6.97. The maximum absolute atomic E-state index is 6.20. The van der Waals surface area contributed by atoms with Gasteiger partial charge < -0.3 is 10.1 Å². The van der Waals surface area contributed by atoms with Crippen molar-refractivity contribution in [3.8, 4) is 5.75 Å². The molecule has 1 rings (SSSR count). The van der Waals surface area contributed by atoms with Crippen molar-refractivity contribution in [3.63, 3.8) is 0 Å². The molecule has 0 aromatic heterocycles. The molecule has 0 spiro atoms. The molecule has 1 unspecified atom stereocenters. The van der Waals surface area contributed by atoms with E-state index in [4.69, 9.17) is 16.3 Å². The minimum Gasteiger partial charge on any atom is -0.491 e. The number of ether oxygens (including phenoxy) is 1. The highest BCUT2D eigenvalue weighted by molar-refractivity contribution is 6.32. The summed E-state index contributed by atoms with van der Waals surface area (Å²) in [4.78, 5) is 0. The third-order valence-corrected chi connectivity index (χ3v) is 3.10. The highest BCUT2D eigenvalue weighted by atomic mass is 35.5. The summed E-state index contributed by atoms with van der Waals surface area (Å²) in [5.41, 5.74) is 1.11. The number of para-hydroxylation sites is 1. The van der Waals surface area contributed by atoms with Crippen LogP contribution in [0.25, 0.3) is 0 Å². The zero-order chi connectivity index (χ0) is 13.5. The van der Waals surface area contributed by atoms with Crippen LogP contribution in [0.3, 0.4) is 0 Å². The summed E-state index contributed by atoms with van der Waals surface area (Å²) < 4.78 is 5.91. The van der Waals surface area contributed by atoms with E-state index < -0.39 is 0 Å². The summed E-state index contributed by atoms with van der Waals surface area (Å²) in [7, 11) is 1.92. The van der Waals surface area contributed by atoms with Gasteiger partial charge in [0.1, 0.15) is 5.75 Å². The Hall–Kier alpha value is -0.730. The molecule has 1 N–H and O–H groups in total. The van der Waals surface area contributed by atoms with Crippen LogP contribution < -0.4 is 10.1 Å². The van der Waals surface area contributed by atoms with Crippen LogP contribution in [0.4, 0.5) is 0 Å². The lowest BCUT2D eigenvalue weighted by molar-refractivity contribution is 0.237. The molecule has 0 heterocycles. The molecule has 0 aliphatic heterocycles. The van der Waals surface area contributed by atoms with Crippen molar-refractivity contribution in [2.24, 2.45) is 11.8 Å². The van der Waals surface area contributed by atoms with Gasteiger partial charge in [-0.3, -0.25) is 0 Å². The molecule has 102 valence electrons. The number of hydrogen-bond acceptors (Lipinski definition) is 2. The van der Waals surface area contributed by atoms with Crippen molar-refractivity contribution in [1.29, 1.82) is 0 Å². The van der Waals surface area contributed by atoms with Crippen LogP contribution in [0, 0.1) is 11.8 Å². The summed E-state index contributed by atoms with van der Waals surface area (Å²) in [5.74, 6) is 2.07. The van der Waals surface area contributed by atoms with Gasteiger partial charge in [0.05, 0.1) is 11.6 Å². The largest absolute Gasteiger partial charge is 0.491 e. The molecular weight excluding hydrogens is 246 g/mol. The van der Waals surface area contributed by atoms with E-state index >= 15 is 0 Å². The second-order valence-corrected chi connectivity index (χ2v) is 5.71.